The molecule has 2 N–H and O–H groups in total. The van der Waals surface area contributed by atoms with E-state index in [0.717, 1.165) is 22.2 Å². The molecule has 0 bridgehead atoms. The largest absolute Gasteiger partial charge is 0.496 e. The van der Waals surface area contributed by atoms with Crippen LogP contribution in [0.1, 0.15) is 22.6 Å². The molecule has 3 heteroatoms. The van der Waals surface area contributed by atoms with Crippen LogP contribution in [0.3, 0.4) is 0 Å². The number of hydrogen-bond donors (Lipinski definition) is 2. The van der Waals surface area contributed by atoms with E-state index in [-0.39, 0.29) is 5.92 Å². The maximum atomic E-state index is 5.67. The lowest BCUT2D eigenvalue weighted by Crippen LogP contribution is -2.04. The summed E-state index contributed by atoms with van der Waals surface area (Å²) in [5.41, 5.74) is 6.12. The van der Waals surface area contributed by atoms with Crippen LogP contribution >= 0.6 is 0 Å². The molecule has 6 rings (SSSR count). The van der Waals surface area contributed by atoms with Crippen molar-refractivity contribution in [3.63, 3.8) is 0 Å². The van der Waals surface area contributed by atoms with Crippen LogP contribution in [0.2, 0.25) is 0 Å². The lowest BCUT2D eigenvalue weighted by atomic mass is 9.82. The number of aromatic nitrogens is 2. The van der Waals surface area contributed by atoms with Gasteiger partial charge in [0.15, 0.2) is 0 Å². The second-order valence-electron chi connectivity index (χ2n) is 7.91. The van der Waals surface area contributed by atoms with Gasteiger partial charge in [-0.05, 0) is 40.3 Å². The second-order valence-corrected chi connectivity index (χ2v) is 7.91. The van der Waals surface area contributed by atoms with Crippen LogP contribution in [0.4, 0.5) is 0 Å². The van der Waals surface area contributed by atoms with Crippen molar-refractivity contribution in [3.05, 3.63) is 114 Å². The average Bonchev–Trinajstić information content (AvgIpc) is 3.45. The molecule has 0 spiro atoms. The van der Waals surface area contributed by atoms with Gasteiger partial charge >= 0.3 is 0 Å². The van der Waals surface area contributed by atoms with E-state index in [1.54, 1.807) is 7.11 Å². The standard InChI is InChI=1S/C28H22N2O/c1-31-27-15-14-22(18-8-2-3-11-21(18)27)28(23-16-29-25-12-6-4-9-19(23)25)24-17-30-26-13-7-5-10-20(24)26/h2-17,28-30H,1H3. The Morgan fingerprint density at radius 1 is 0.548 bits per heavy atom. The summed E-state index contributed by atoms with van der Waals surface area (Å²) < 4.78 is 5.67. The van der Waals surface area contributed by atoms with Crippen LogP contribution in [0, 0.1) is 0 Å². The zero-order chi connectivity index (χ0) is 20.8. The van der Waals surface area contributed by atoms with Crippen molar-refractivity contribution in [3.8, 4) is 5.75 Å². The predicted octanol–water partition coefficient (Wildman–Crippen LogP) is 6.99. The molecule has 0 amide bonds. The molecular formula is C28H22N2O. The third kappa shape index (κ3) is 2.74. The fourth-order valence-electron chi connectivity index (χ4n) is 4.89. The number of aromatic amines is 2. The molecule has 4 aromatic carbocycles. The van der Waals surface area contributed by atoms with Gasteiger partial charge in [0.1, 0.15) is 5.75 Å². The number of para-hydroxylation sites is 2. The Hall–Kier alpha value is -3.98. The number of methoxy groups -OCH3 is 1. The zero-order valence-electron chi connectivity index (χ0n) is 17.2. The molecule has 0 unspecified atom stereocenters. The third-order valence-electron chi connectivity index (χ3n) is 6.31. The number of benzene rings is 4. The number of rotatable bonds is 4. The summed E-state index contributed by atoms with van der Waals surface area (Å²) in [4.78, 5) is 6.97. The van der Waals surface area contributed by atoms with E-state index in [1.807, 2.05) is 0 Å². The maximum absolute atomic E-state index is 5.67. The van der Waals surface area contributed by atoms with Crippen molar-refractivity contribution in [2.75, 3.05) is 7.11 Å². The first-order valence-corrected chi connectivity index (χ1v) is 10.5. The quantitative estimate of drug-likeness (QED) is 0.328. The van der Waals surface area contributed by atoms with Gasteiger partial charge in [-0.2, -0.15) is 0 Å². The lowest BCUT2D eigenvalue weighted by Gasteiger charge is -2.20. The Labute approximate surface area is 180 Å². The van der Waals surface area contributed by atoms with Crippen LogP contribution in [0.5, 0.6) is 5.75 Å². The predicted molar refractivity (Wildman–Crippen MR) is 128 cm³/mol. The summed E-state index contributed by atoms with van der Waals surface area (Å²) in [6.45, 7) is 0. The Morgan fingerprint density at radius 2 is 1.06 bits per heavy atom. The highest BCUT2D eigenvalue weighted by Crippen LogP contribution is 2.43. The van der Waals surface area contributed by atoms with Crippen molar-refractivity contribution in [1.82, 2.24) is 9.97 Å². The van der Waals surface area contributed by atoms with E-state index in [2.05, 4.69) is 107 Å². The Morgan fingerprint density at radius 3 is 1.65 bits per heavy atom. The number of nitrogens with one attached hydrogen (secondary N) is 2. The van der Waals surface area contributed by atoms with Gasteiger partial charge in [-0.25, -0.2) is 0 Å². The molecule has 0 aliphatic heterocycles. The number of ether oxygens (including phenoxy) is 1. The summed E-state index contributed by atoms with van der Waals surface area (Å²) in [5, 5.41) is 4.84. The minimum Gasteiger partial charge on any atom is -0.496 e. The van der Waals surface area contributed by atoms with Crippen molar-refractivity contribution in [1.29, 1.82) is 0 Å². The lowest BCUT2D eigenvalue weighted by molar-refractivity contribution is 0.419. The molecule has 2 aromatic heterocycles. The van der Waals surface area contributed by atoms with Crippen LogP contribution in [-0.4, -0.2) is 17.1 Å². The highest BCUT2D eigenvalue weighted by atomic mass is 16.5. The van der Waals surface area contributed by atoms with Crippen LogP contribution < -0.4 is 4.74 Å². The minimum atomic E-state index is 0.0723. The first kappa shape index (κ1) is 17.8. The molecule has 0 radical (unpaired) electrons. The number of H-pyrrole nitrogens is 2. The topological polar surface area (TPSA) is 40.8 Å². The van der Waals surface area contributed by atoms with Gasteiger partial charge in [0.05, 0.1) is 7.11 Å². The molecule has 0 fully saturated rings. The molecule has 3 nitrogen and oxygen atoms in total. The van der Waals surface area contributed by atoms with E-state index < -0.39 is 0 Å². The Balaban J connectivity index is 1.71. The van der Waals surface area contributed by atoms with Crippen molar-refractivity contribution in [2.24, 2.45) is 0 Å². The Kier molecular flexibility index (Phi) is 4.07. The smallest absolute Gasteiger partial charge is 0.126 e. The van der Waals surface area contributed by atoms with E-state index in [0.29, 0.717) is 0 Å². The molecule has 0 atom stereocenters. The van der Waals surface area contributed by atoms with Crippen molar-refractivity contribution < 1.29 is 4.74 Å². The monoisotopic (exact) mass is 402 g/mol. The van der Waals surface area contributed by atoms with Gasteiger partial charge in [0.25, 0.3) is 0 Å². The van der Waals surface area contributed by atoms with Crippen LogP contribution in [-0.2, 0) is 0 Å². The van der Waals surface area contributed by atoms with E-state index in [9.17, 15) is 0 Å². The minimum absolute atomic E-state index is 0.0723. The Bertz CT molecular complexity index is 1470. The summed E-state index contributed by atoms with van der Waals surface area (Å²) in [6, 6.07) is 29.9. The van der Waals surface area contributed by atoms with Crippen LogP contribution in [0.25, 0.3) is 32.6 Å². The molecule has 2 heterocycles. The van der Waals surface area contributed by atoms with Crippen molar-refractivity contribution in [2.45, 2.75) is 5.92 Å². The fraction of sp³-hybridized carbons (Fsp3) is 0.0714. The molecular weight excluding hydrogens is 380 g/mol. The SMILES string of the molecule is COc1ccc(C(c2c[nH]c3ccccc23)c2c[nH]c3ccccc23)c2ccccc12. The molecule has 0 saturated carbocycles. The zero-order valence-corrected chi connectivity index (χ0v) is 17.2. The van der Waals surface area contributed by atoms with E-state index in [1.165, 1.54) is 32.8 Å². The normalized spacial score (nSPS) is 11.7. The first-order chi connectivity index (χ1) is 15.3. The molecule has 0 aliphatic carbocycles. The summed E-state index contributed by atoms with van der Waals surface area (Å²) in [7, 11) is 1.73. The van der Waals surface area contributed by atoms with Crippen LogP contribution in [0.15, 0.2) is 97.3 Å². The fourth-order valence-corrected chi connectivity index (χ4v) is 4.89. The highest BCUT2D eigenvalue weighted by Gasteiger charge is 2.25. The average molecular weight is 402 g/mol. The maximum Gasteiger partial charge on any atom is 0.126 e. The van der Waals surface area contributed by atoms with Gasteiger partial charge in [0.2, 0.25) is 0 Å². The molecule has 0 aliphatic rings. The van der Waals surface area contributed by atoms with Gasteiger partial charge in [-0.3, -0.25) is 0 Å². The summed E-state index contributed by atoms with van der Waals surface area (Å²) in [6.07, 6.45) is 4.33. The van der Waals surface area contributed by atoms with Gasteiger partial charge in [-0.1, -0.05) is 66.7 Å². The molecule has 0 saturated heterocycles. The summed E-state index contributed by atoms with van der Waals surface area (Å²) in [5.74, 6) is 0.971. The van der Waals surface area contributed by atoms with E-state index >= 15 is 0 Å². The molecule has 6 aromatic rings. The highest BCUT2D eigenvalue weighted by molar-refractivity contribution is 5.95. The van der Waals surface area contributed by atoms with Crippen molar-refractivity contribution >= 4 is 32.6 Å². The van der Waals surface area contributed by atoms with Gasteiger partial charge in [0, 0.05) is 45.5 Å². The number of hydrogen-bond acceptors (Lipinski definition) is 1. The number of fused-ring (bicyclic) bond motifs is 3. The summed E-state index contributed by atoms with van der Waals surface area (Å²) >= 11 is 0. The molecule has 31 heavy (non-hydrogen) atoms. The third-order valence-corrected chi connectivity index (χ3v) is 6.31. The molecule has 150 valence electrons. The van der Waals surface area contributed by atoms with E-state index in [4.69, 9.17) is 4.74 Å². The van der Waals surface area contributed by atoms with Gasteiger partial charge in [-0.15, -0.1) is 0 Å². The second kappa shape index (κ2) is 7.06. The first-order valence-electron chi connectivity index (χ1n) is 10.5. The van der Waals surface area contributed by atoms with Gasteiger partial charge < -0.3 is 14.7 Å².